The number of rotatable bonds is 3. The molecule has 0 amide bonds. The first-order valence-corrected chi connectivity index (χ1v) is 1.92. The first kappa shape index (κ1) is 7.12. The lowest BCUT2D eigenvalue weighted by molar-refractivity contribution is 0.882. The lowest BCUT2D eigenvalue weighted by atomic mass is 9.12. The molecule has 0 saturated heterocycles. The van der Waals surface area contributed by atoms with E-state index < -0.39 is 6.49 Å². The standard InChI is InChI=1S/CH2B4F2/c2-1-5(3-6)4-7/h1H2. The minimum absolute atomic E-state index is 0.00694. The van der Waals surface area contributed by atoms with Gasteiger partial charge < -0.3 is 8.63 Å². The monoisotopic (exact) mass is 96.0 g/mol. The second-order valence-corrected chi connectivity index (χ2v) is 1.15. The molecule has 7 heavy (non-hydrogen) atoms. The number of hydrogen-bond acceptors (Lipinski definition) is 0. The van der Waals surface area contributed by atoms with E-state index in [1.807, 2.05) is 0 Å². The van der Waals surface area contributed by atoms with Crippen LogP contribution in [-0.2, 0) is 0 Å². The molecule has 32 valence electrons. The smallest absolute Gasteiger partial charge is 0.304 e. The van der Waals surface area contributed by atoms with E-state index in [1.165, 1.54) is 0 Å². The van der Waals surface area contributed by atoms with Crippen molar-refractivity contribution in [2.75, 3.05) is 0 Å². The second-order valence-electron chi connectivity index (χ2n) is 1.15. The molecular weight excluding hydrogens is 93.3 g/mol. The van der Waals surface area contributed by atoms with Gasteiger partial charge in [-0.3, -0.25) is 0 Å². The number of hydrogen-bond donors (Lipinski definition) is 0. The van der Waals surface area contributed by atoms with E-state index in [2.05, 4.69) is 0 Å². The van der Waals surface area contributed by atoms with Crippen molar-refractivity contribution in [2.24, 2.45) is 0 Å². The van der Waals surface area contributed by atoms with Gasteiger partial charge in [-0.15, -0.1) is 6.22 Å². The van der Waals surface area contributed by atoms with Crippen LogP contribution >= 0.6 is 0 Å². The highest BCUT2D eigenvalue weighted by Gasteiger charge is 2.13. The zero-order valence-corrected chi connectivity index (χ0v) is 3.77. The predicted octanol–water partition coefficient (Wildman–Crippen LogP) is -0.222. The molecule has 0 aliphatic heterocycles. The summed E-state index contributed by atoms with van der Waals surface area (Å²) in [5, 5.41) is 0. The fraction of sp³-hybridized carbons (Fsp3) is 1.00. The van der Waals surface area contributed by atoms with E-state index in [9.17, 15) is 8.63 Å². The van der Waals surface area contributed by atoms with Crippen LogP contribution in [0.3, 0.4) is 0 Å². The van der Waals surface area contributed by atoms with Crippen molar-refractivity contribution in [3.8, 4) is 0 Å². The van der Waals surface area contributed by atoms with Crippen molar-refractivity contribution >= 4 is 29.2 Å². The van der Waals surface area contributed by atoms with Crippen LogP contribution in [0, 0.1) is 0 Å². The summed E-state index contributed by atoms with van der Waals surface area (Å²) in [5.74, 6) is 0. The van der Waals surface area contributed by atoms with Gasteiger partial charge in [0.25, 0.3) is 0 Å². The van der Waals surface area contributed by atoms with Crippen LogP contribution in [-0.4, -0.2) is 29.2 Å². The van der Waals surface area contributed by atoms with Gasteiger partial charge in [-0.2, -0.15) is 0 Å². The third-order valence-corrected chi connectivity index (χ3v) is 0.596. The normalized spacial score (nSPS) is 7.71. The van der Waals surface area contributed by atoms with E-state index in [1.54, 1.807) is 0 Å². The Balaban J connectivity index is 2.99. The summed E-state index contributed by atoms with van der Waals surface area (Å²) in [4.78, 5) is 0. The lowest BCUT2D eigenvalue weighted by Crippen LogP contribution is -2.24. The fourth-order valence-electron chi connectivity index (χ4n) is 0.130. The molecule has 0 bridgehead atoms. The molecule has 0 aromatic carbocycles. The van der Waals surface area contributed by atoms with Crippen LogP contribution in [0.15, 0.2) is 0 Å². The third-order valence-electron chi connectivity index (χ3n) is 0.596. The molecule has 4 radical (unpaired) electrons. The van der Waals surface area contributed by atoms with E-state index in [4.69, 9.17) is 7.85 Å². The van der Waals surface area contributed by atoms with Gasteiger partial charge in [0.05, 0.1) is 7.85 Å². The molecule has 0 heterocycles. The van der Waals surface area contributed by atoms with Gasteiger partial charge in [-0.05, 0) is 0 Å². The molecule has 6 heteroatoms. The maximum absolute atomic E-state index is 11.2. The van der Waals surface area contributed by atoms with E-state index in [0.717, 1.165) is 0 Å². The topological polar surface area (TPSA) is 0 Å². The Labute approximate surface area is 45.1 Å². The molecule has 0 N–H and O–H groups in total. The number of halogens is 2. The van der Waals surface area contributed by atoms with Crippen LogP contribution in [0.1, 0.15) is 0 Å². The summed E-state index contributed by atoms with van der Waals surface area (Å²) in [6, 6.07) is 0. The van der Waals surface area contributed by atoms with Gasteiger partial charge >= 0.3 is 14.9 Å². The molecule has 0 atom stereocenters. The largest absolute Gasteiger partial charge is 0.355 e. The first-order valence-electron chi connectivity index (χ1n) is 1.92. The van der Waals surface area contributed by atoms with E-state index in [-0.39, 0.29) is 21.1 Å². The minimum Gasteiger partial charge on any atom is -0.355 e. The zero-order chi connectivity index (χ0) is 5.70. The molecule has 0 fully saturated rings. The van der Waals surface area contributed by atoms with Gasteiger partial charge in [0.15, 0.2) is 0 Å². The molecule has 0 aromatic heterocycles. The minimum atomic E-state index is -0.819. The summed E-state index contributed by atoms with van der Waals surface area (Å²) < 4.78 is 22.4. The Morgan fingerprint density at radius 3 is 1.86 bits per heavy atom. The highest BCUT2D eigenvalue weighted by atomic mass is 19.1. The van der Waals surface area contributed by atoms with Gasteiger partial charge in [-0.25, -0.2) is 0 Å². The van der Waals surface area contributed by atoms with Crippen molar-refractivity contribution in [3.63, 3.8) is 0 Å². The molecule has 0 aliphatic rings. The van der Waals surface area contributed by atoms with Crippen molar-refractivity contribution in [1.82, 2.24) is 0 Å². The lowest BCUT2D eigenvalue weighted by Gasteiger charge is -1.91. The van der Waals surface area contributed by atoms with Gasteiger partial charge in [0, 0.05) is 0 Å². The Bertz CT molecular complexity index is 31.2. The summed E-state index contributed by atoms with van der Waals surface area (Å²) in [6.07, 6.45) is -0.00694. The summed E-state index contributed by atoms with van der Waals surface area (Å²) >= 11 is 0. The van der Waals surface area contributed by atoms with Crippen LogP contribution in [0.25, 0.3) is 0 Å². The van der Waals surface area contributed by atoms with Crippen molar-refractivity contribution in [3.05, 3.63) is 0 Å². The SMILES string of the molecule is [B]CB([B]F)[B]F. The Kier molecular flexibility index (Phi) is 4.36. The Morgan fingerprint density at radius 1 is 1.43 bits per heavy atom. The summed E-state index contributed by atoms with van der Waals surface area (Å²) in [5.41, 5.74) is 0. The van der Waals surface area contributed by atoms with E-state index in [0.29, 0.717) is 0 Å². The average molecular weight is 95.3 g/mol. The van der Waals surface area contributed by atoms with Crippen LogP contribution in [0.2, 0.25) is 6.22 Å². The average Bonchev–Trinajstić information content (AvgIpc) is 1.72. The van der Waals surface area contributed by atoms with Crippen molar-refractivity contribution in [2.45, 2.75) is 6.22 Å². The third kappa shape index (κ3) is 2.77. The van der Waals surface area contributed by atoms with Gasteiger partial charge in [0.2, 0.25) is 0 Å². The van der Waals surface area contributed by atoms with Gasteiger partial charge in [0.1, 0.15) is 6.49 Å². The maximum atomic E-state index is 11.2. The molecule has 0 rings (SSSR count). The zero-order valence-electron chi connectivity index (χ0n) is 3.77. The molecule has 0 aromatic rings. The Hall–Kier alpha value is 0.120. The van der Waals surface area contributed by atoms with E-state index >= 15 is 0 Å². The highest BCUT2D eigenvalue weighted by Crippen LogP contribution is 1.83. The first-order chi connectivity index (χ1) is 3.35. The molecule has 0 unspecified atom stereocenters. The molecule has 0 spiro atoms. The predicted molar refractivity (Wildman–Crippen MR) is 30.0 cm³/mol. The Morgan fingerprint density at radius 2 is 1.86 bits per heavy atom. The van der Waals surface area contributed by atoms with Crippen LogP contribution < -0.4 is 0 Å². The summed E-state index contributed by atoms with van der Waals surface area (Å²) in [7, 11) is 5.30. The van der Waals surface area contributed by atoms with Crippen LogP contribution in [0.4, 0.5) is 8.63 Å². The molecule has 0 aliphatic carbocycles. The quantitative estimate of drug-likeness (QED) is 0.425. The molecule has 0 saturated carbocycles. The maximum Gasteiger partial charge on any atom is 0.304 e. The second kappa shape index (κ2) is 4.28. The summed E-state index contributed by atoms with van der Waals surface area (Å²) in [6.45, 7) is -0.819. The molecular formula is CH2B4F2. The van der Waals surface area contributed by atoms with Crippen molar-refractivity contribution in [1.29, 1.82) is 0 Å². The molecule has 0 nitrogen and oxygen atoms in total. The van der Waals surface area contributed by atoms with Crippen molar-refractivity contribution < 1.29 is 8.63 Å². The highest BCUT2D eigenvalue weighted by molar-refractivity contribution is 7.37. The fourth-order valence-corrected chi connectivity index (χ4v) is 0.130. The van der Waals surface area contributed by atoms with Crippen LogP contribution in [0.5, 0.6) is 0 Å². The van der Waals surface area contributed by atoms with Gasteiger partial charge in [-0.1, -0.05) is 0 Å².